The number of rotatable bonds is 5. The number of hydrogen-bond acceptors (Lipinski definition) is 15. The molecule has 0 unspecified atom stereocenters. The number of hydrogen-bond donors (Lipinski definition) is 2. The fraction of sp³-hybridized carbons (Fsp3) is 0.595. The maximum absolute atomic E-state index is 12.4. The number of carbonyl (C=O) groups excluding carboxylic acids is 2. The lowest BCUT2D eigenvalue weighted by Crippen LogP contribution is -2.34. The summed E-state index contributed by atoms with van der Waals surface area (Å²) in [5.74, 6) is 0.201. The topological polar surface area (TPSA) is 194 Å². The van der Waals surface area contributed by atoms with Crippen molar-refractivity contribution >= 4 is 18.0 Å². The van der Waals surface area contributed by atoms with Gasteiger partial charge in [-0.25, -0.2) is 14.4 Å². The molecule has 0 saturated heterocycles. The van der Waals surface area contributed by atoms with Crippen molar-refractivity contribution < 1.29 is 76.3 Å². The highest BCUT2D eigenvalue weighted by Gasteiger charge is 2.17. The molecule has 4 rings (SSSR count). The van der Waals surface area contributed by atoms with Gasteiger partial charge in [0, 0.05) is 0 Å². The van der Waals surface area contributed by atoms with E-state index < -0.39 is 23.6 Å². The number of carboxylic acid groups (broad SMARTS) is 1. The Labute approximate surface area is 315 Å². The molecule has 2 aliphatic rings. The van der Waals surface area contributed by atoms with Crippen molar-refractivity contribution in [2.45, 2.75) is 26.4 Å². The van der Waals surface area contributed by atoms with Gasteiger partial charge in [-0.2, -0.15) is 0 Å². The standard InChI is InChI=1S/C22H33NO9.C15H20O7/c1-22(2,3)32-21(25)23-6-7-31-20(24)17-4-5-18-19(16-17)30-15-13-28-11-9-26-8-10-27-12-14-29-18;16-15(17)12-1-2-13-14(11-12)22-10-8-20-6-4-18-3-5-19-7-9-21-13/h4-5,16H,6-15H2,1-3H3,(H,23,25);1-2,11H,3-10H2,(H,16,17). The molecule has 2 heterocycles. The Kier molecular flexibility index (Phi) is 20.9. The minimum Gasteiger partial charge on any atom is -0.487 e. The van der Waals surface area contributed by atoms with Crippen molar-refractivity contribution in [2.24, 2.45) is 0 Å². The van der Waals surface area contributed by atoms with Gasteiger partial charge < -0.3 is 67.3 Å². The van der Waals surface area contributed by atoms with Crippen LogP contribution < -0.4 is 24.3 Å². The van der Waals surface area contributed by atoms with Crippen molar-refractivity contribution in [3.63, 3.8) is 0 Å². The van der Waals surface area contributed by atoms with E-state index in [9.17, 15) is 14.4 Å². The third-order valence-corrected chi connectivity index (χ3v) is 6.80. The first-order valence-corrected chi connectivity index (χ1v) is 17.8. The fourth-order valence-corrected chi connectivity index (χ4v) is 4.36. The van der Waals surface area contributed by atoms with Gasteiger partial charge in [0.05, 0.1) is 97.0 Å². The number of aromatic carboxylic acids is 1. The van der Waals surface area contributed by atoms with Gasteiger partial charge in [0.2, 0.25) is 0 Å². The predicted molar refractivity (Wildman–Crippen MR) is 191 cm³/mol. The summed E-state index contributed by atoms with van der Waals surface area (Å²) in [5, 5.41) is 11.6. The molecule has 0 saturated carbocycles. The number of carboxylic acids is 1. The highest BCUT2D eigenvalue weighted by atomic mass is 16.6. The Hall–Kier alpha value is -4.39. The molecule has 0 radical (unpaired) electrons. The Morgan fingerprint density at radius 1 is 0.574 bits per heavy atom. The molecule has 0 aliphatic carbocycles. The van der Waals surface area contributed by atoms with Crippen LogP contribution >= 0.6 is 0 Å². The predicted octanol–water partition coefficient (Wildman–Crippen LogP) is 3.39. The molecule has 17 heteroatoms. The van der Waals surface area contributed by atoms with E-state index >= 15 is 0 Å². The first-order valence-electron chi connectivity index (χ1n) is 17.8. The zero-order chi connectivity index (χ0) is 38.9. The minimum absolute atomic E-state index is 0.000230. The van der Waals surface area contributed by atoms with Crippen LogP contribution in [-0.4, -0.2) is 148 Å². The van der Waals surface area contributed by atoms with Gasteiger partial charge in [0.15, 0.2) is 23.0 Å². The molecule has 1 amide bonds. The summed E-state index contributed by atoms with van der Waals surface area (Å²) in [6.07, 6.45) is -0.570. The van der Waals surface area contributed by atoms with Crippen molar-refractivity contribution in [3.8, 4) is 23.0 Å². The van der Waals surface area contributed by atoms with E-state index in [1.807, 2.05) is 0 Å². The number of benzene rings is 2. The monoisotopic (exact) mass is 767 g/mol. The number of fused-ring (bicyclic) bond motifs is 2. The molecule has 2 aromatic rings. The van der Waals surface area contributed by atoms with E-state index in [4.69, 9.17) is 61.9 Å². The van der Waals surface area contributed by atoms with Crippen LogP contribution in [0.4, 0.5) is 4.79 Å². The number of ether oxygens (including phenoxy) is 12. The Morgan fingerprint density at radius 3 is 1.35 bits per heavy atom. The van der Waals surface area contributed by atoms with Crippen LogP contribution in [0.2, 0.25) is 0 Å². The second-order valence-electron chi connectivity index (χ2n) is 12.3. The summed E-state index contributed by atoms with van der Waals surface area (Å²) in [6.45, 7) is 12.1. The summed E-state index contributed by atoms with van der Waals surface area (Å²) in [4.78, 5) is 35.0. The summed E-state index contributed by atoms with van der Waals surface area (Å²) in [7, 11) is 0. The van der Waals surface area contributed by atoms with Gasteiger partial charge in [-0.3, -0.25) is 0 Å². The molecule has 2 aliphatic heterocycles. The minimum atomic E-state index is -1.01. The first kappa shape index (κ1) is 44.0. The second kappa shape index (κ2) is 25.6. The fourth-order valence-electron chi connectivity index (χ4n) is 4.36. The molecule has 302 valence electrons. The molecule has 0 bridgehead atoms. The smallest absolute Gasteiger partial charge is 0.407 e. The molecular weight excluding hydrogens is 714 g/mol. The molecular formula is C37H53NO16. The quantitative estimate of drug-likeness (QED) is 0.332. The number of nitrogens with one attached hydrogen (secondary N) is 1. The van der Waals surface area contributed by atoms with Crippen molar-refractivity contribution in [1.82, 2.24) is 5.32 Å². The van der Waals surface area contributed by atoms with E-state index in [0.717, 1.165) is 0 Å². The highest BCUT2D eigenvalue weighted by Crippen LogP contribution is 2.30. The van der Waals surface area contributed by atoms with Crippen LogP contribution in [0, 0.1) is 0 Å². The molecule has 2 aromatic carbocycles. The summed E-state index contributed by atoms with van der Waals surface area (Å²) in [5.41, 5.74) is -0.152. The van der Waals surface area contributed by atoms with E-state index in [-0.39, 0.29) is 25.3 Å². The van der Waals surface area contributed by atoms with Crippen molar-refractivity contribution in [1.29, 1.82) is 0 Å². The number of esters is 1. The van der Waals surface area contributed by atoms with Gasteiger partial charge >= 0.3 is 18.0 Å². The third kappa shape index (κ3) is 19.1. The van der Waals surface area contributed by atoms with Gasteiger partial charge in [-0.1, -0.05) is 0 Å². The average Bonchev–Trinajstić information content (AvgIpc) is 3.15. The van der Waals surface area contributed by atoms with Crippen LogP contribution in [0.25, 0.3) is 0 Å². The van der Waals surface area contributed by atoms with E-state index in [1.54, 1.807) is 45.0 Å². The van der Waals surface area contributed by atoms with Crippen LogP contribution in [0.15, 0.2) is 36.4 Å². The zero-order valence-corrected chi connectivity index (χ0v) is 31.3. The number of amides is 1. The lowest BCUT2D eigenvalue weighted by Gasteiger charge is -2.19. The summed E-state index contributed by atoms with van der Waals surface area (Å²) >= 11 is 0. The first-order chi connectivity index (χ1) is 26.1. The zero-order valence-electron chi connectivity index (χ0n) is 31.3. The maximum atomic E-state index is 12.4. The third-order valence-electron chi connectivity index (χ3n) is 6.80. The lowest BCUT2D eigenvalue weighted by molar-refractivity contribution is 0.00708. The molecule has 0 aromatic heterocycles. The Morgan fingerprint density at radius 2 is 0.944 bits per heavy atom. The average molecular weight is 768 g/mol. The van der Waals surface area contributed by atoms with E-state index in [1.165, 1.54) is 12.1 Å². The summed E-state index contributed by atoms with van der Waals surface area (Å²) in [6, 6.07) is 9.30. The van der Waals surface area contributed by atoms with Crippen molar-refractivity contribution in [2.75, 3.05) is 119 Å². The molecule has 0 atom stereocenters. The van der Waals surface area contributed by atoms with E-state index in [2.05, 4.69) is 5.32 Å². The van der Waals surface area contributed by atoms with Crippen LogP contribution in [0.1, 0.15) is 41.5 Å². The Balaban J connectivity index is 0.000000311. The lowest BCUT2D eigenvalue weighted by atomic mass is 10.2. The normalized spacial score (nSPS) is 16.9. The van der Waals surface area contributed by atoms with Crippen molar-refractivity contribution in [3.05, 3.63) is 47.5 Å². The van der Waals surface area contributed by atoms with Gasteiger partial charge in [-0.05, 0) is 57.2 Å². The molecule has 2 N–H and O–H groups in total. The molecule has 0 spiro atoms. The number of carbonyl (C=O) groups is 3. The van der Waals surface area contributed by atoms with Crippen LogP contribution in [-0.2, 0) is 37.9 Å². The highest BCUT2D eigenvalue weighted by molar-refractivity contribution is 5.90. The van der Waals surface area contributed by atoms with Crippen LogP contribution in [0.3, 0.4) is 0 Å². The largest absolute Gasteiger partial charge is 0.487 e. The SMILES string of the molecule is CC(C)(C)OC(=O)NCCOC(=O)c1ccc2c(c1)OCCOCCOCCOCCO2.O=C(O)c1ccc2c(c1)OCCOCCOCCOCCO2. The molecule has 0 fully saturated rings. The Bertz CT molecular complexity index is 1400. The van der Waals surface area contributed by atoms with E-state index in [0.29, 0.717) is 128 Å². The number of alkyl carbamates (subject to hydrolysis) is 1. The van der Waals surface area contributed by atoms with Gasteiger partial charge in [0.25, 0.3) is 0 Å². The maximum Gasteiger partial charge on any atom is 0.407 e. The van der Waals surface area contributed by atoms with Crippen LogP contribution in [0.5, 0.6) is 23.0 Å². The molecule has 17 nitrogen and oxygen atoms in total. The summed E-state index contributed by atoms with van der Waals surface area (Å²) < 4.78 is 65.2. The van der Waals surface area contributed by atoms with Gasteiger partial charge in [0.1, 0.15) is 38.6 Å². The van der Waals surface area contributed by atoms with Gasteiger partial charge in [-0.15, -0.1) is 0 Å². The molecule has 54 heavy (non-hydrogen) atoms. The second-order valence-corrected chi connectivity index (χ2v) is 12.3.